The summed E-state index contributed by atoms with van der Waals surface area (Å²) in [5.41, 5.74) is 1.00. The molecule has 14 heavy (non-hydrogen) atoms. The van der Waals surface area contributed by atoms with Crippen LogP contribution >= 0.6 is 11.8 Å². The summed E-state index contributed by atoms with van der Waals surface area (Å²) >= 11 is 1.76. The van der Waals surface area contributed by atoms with Gasteiger partial charge < -0.3 is 4.74 Å². The third kappa shape index (κ3) is 3.54. The van der Waals surface area contributed by atoms with Crippen molar-refractivity contribution >= 4 is 11.8 Å². The molecule has 0 aliphatic rings. The zero-order valence-corrected chi connectivity index (χ0v) is 9.67. The SMILES string of the molecule is CSCCOc1cnc(C(C)C)cn1. The number of hydrogen-bond acceptors (Lipinski definition) is 4. The van der Waals surface area contributed by atoms with Gasteiger partial charge in [0.1, 0.15) is 0 Å². The second kappa shape index (κ2) is 5.86. The summed E-state index contributed by atoms with van der Waals surface area (Å²) in [6.07, 6.45) is 5.52. The van der Waals surface area contributed by atoms with Crippen molar-refractivity contribution < 1.29 is 4.74 Å². The quantitative estimate of drug-likeness (QED) is 0.702. The highest BCUT2D eigenvalue weighted by Gasteiger charge is 2.01. The fourth-order valence-corrected chi connectivity index (χ4v) is 1.18. The average Bonchev–Trinajstić information content (AvgIpc) is 2.19. The Kier molecular flexibility index (Phi) is 4.73. The first-order chi connectivity index (χ1) is 6.74. The first kappa shape index (κ1) is 11.3. The van der Waals surface area contributed by atoms with Crippen LogP contribution in [0, 0.1) is 0 Å². The van der Waals surface area contributed by atoms with E-state index in [-0.39, 0.29) is 0 Å². The molecular formula is C10H16N2OS. The number of nitrogens with zero attached hydrogens (tertiary/aromatic N) is 2. The van der Waals surface area contributed by atoms with E-state index in [2.05, 4.69) is 30.1 Å². The topological polar surface area (TPSA) is 35.0 Å². The fourth-order valence-electron chi connectivity index (χ4n) is 0.928. The van der Waals surface area contributed by atoms with E-state index in [1.54, 1.807) is 24.2 Å². The molecule has 0 saturated carbocycles. The van der Waals surface area contributed by atoms with Crippen LogP contribution in [0.4, 0.5) is 0 Å². The Morgan fingerprint density at radius 2 is 2.14 bits per heavy atom. The highest BCUT2D eigenvalue weighted by molar-refractivity contribution is 7.98. The highest BCUT2D eigenvalue weighted by Crippen LogP contribution is 2.12. The molecule has 0 atom stereocenters. The molecule has 0 aromatic carbocycles. The Morgan fingerprint density at radius 1 is 1.36 bits per heavy atom. The molecule has 0 fully saturated rings. The van der Waals surface area contributed by atoms with Gasteiger partial charge in [-0.25, -0.2) is 4.98 Å². The van der Waals surface area contributed by atoms with Crippen LogP contribution in [0.2, 0.25) is 0 Å². The molecule has 1 rings (SSSR count). The van der Waals surface area contributed by atoms with E-state index in [1.165, 1.54) is 0 Å². The molecule has 0 radical (unpaired) electrons. The number of aromatic nitrogens is 2. The Morgan fingerprint density at radius 3 is 2.64 bits per heavy atom. The maximum absolute atomic E-state index is 5.39. The predicted octanol–water partition coefficient (Wildman–Crippen LogP) is 2.34. The van der Waals surface area contributed by atoms with Gasteiger partial charge in [0.15, 0.2) is 0 Å². The van der Waals surface area contributed by atoms with E-state index in [4.69, 9.17) is 4.74 Å². The Labute approximate surface area is 89.3 Å². The van der Waals surface area contributed by atoms with Gasteiger partial charge in [-0.3, -0.25) is 4.98 Å². The van der Waals surface area contributed by atoms with Crippen molar-refractivity contribution in [3.63, 3.8) is 0 Å². The van der Waals surface area contributed by atoms with Crippen molar-refractivity contribution in [2.75, 3.05) is 18.6 Å². The minimum absolute atomic E-state index is 0.419. The molecule has 0 saturated heterocycles. The molecule has 0 bridgehead atoms. The number of ether oxygens (including phenoxy) is 1. The van der Waals surface area contributed by atoms with Crippen LogP contribution in [0.3, 0.4) is 0 Å². The molecule has 0 N–H and O–H groups in total. The van der Waals surface area contributed by atoms with Gasteiger partial charge in [-0.15, -0.1) is 0 Å². The van der Waals surface area contributed by atoms with Crippen molar-refractivity contribution in [3.8, 4) is 5.88 Å². The summed E-state index contributed by atoms with van der Waals surface area (Å²) in [6.45, 7) is 4.88. The van der Waals surface area contributed by atoms with Gasteiger partial charge in [0.05, 0.1) is 24.7 Å². The molecule has 1 aromatic rings. The van der Waals surface area contributed by atoms with Gasteiger partial charge >= 0.3 is 0 Å². The maximum Gasteiger partial charge on any atom is 0.232 e. The largest absolute Gasteiger partial charge is 0.476 e. The molecule has 1 aromatic heterocycles. The van der Waals surface area contributed by atoms with E-state index >= 15 is 0 Å². The van der Waals surface area contributed by atoms with Crippen molar-refractivity contribution in [2.45, 2.75) is 19.8 Å². The molecule has 0 aliphatic carbocycles. The number of thioether (sulfide) groups is 1. The smallest absolute Gasteiger partial charge is 0.232 e. The minimum atomic E-state index is 0.419. The lowest BCUT2D eigenvalue weighted by molar-refractivity contribution is 0.328. The van der Waals surface area contributed by atoms with Crippen LogP contribution in [0.5, 0.6) is 5.88 Å². The molecule has 78 valence electrons. The van der Waals surface area contributed by atoms with Crippen molar-refractivity contribution in [3.05, 3.63) is 18.1 Å². The van der Waals surface area contributed by atoms with Crippen LogP contribution in [-0.4, -0.2) is 28.6 Å². The zero-order chi connectivity index (χ0) is 10.4. The fraction of sp³-hybridized carbons (Fsp3) is 0.600. The molecule has 3 nitrogen and oxygen atoms in total. The Balaban J connectivity index is 2.47. The minimum Gasteiger partial charge on any atom is -0.476 e. The first-order valence-electron chi connectivity index (χ1n) is 4.67. The monoisotopic (exact) mass is 212 g/mol. The van der Waals surface area contributed by atoms with E-state index in [0.29, 0.717) is 18.4 Å². The zero-order valence-electron chi connectivity index (χ0n) is 8.86. The molecule has 1 heterocycles. The molecular weight excluding hydrogens is 196 g/mol. The van der Waals surface area contributed by atoms with E-state index in [9.17, 15) is 0 Å². The molecule has 0 aliphatic heterocycles. The van der Waals surface area contributed by atoms with Crippen molar-refractivity contribution in [2.24, 2.45) is 0 Å². The van der Waals surface area contributed by atoms with Crippen molar-refractivity contribution in [1.82, 2.24) is 9.97 Å². The Hall–Kier alpha value is -0.770. The van der Waals surface area contributed by atoms with Gasteiger partial charge in [0.2, 0.25) is 5.88 Å². The molecule has 0 spiro atoms. The number of hydrogen-bond donors (Lipinski definition) is 0. The van der Waals surface area contributed by atoms with E-state index in [0.717, 1.165) is 11.4 Å². The van der Waals surface area contributed by atoms with E-state index in [1.807, 2.05) is 0 Å². The summed E-state index contributed by atoms with van der Waals surface area (Å²) in [4.78, 5) is 8.44. The summed E-state index contributed by atoms with van der Waals surface area (Å²) < 4.78 is 5.39. The lowest BCUT2D eigenvalue weighted by atomic mass is 10.1. The summed E-state index contributed by atoms with van der Waals surface area (Å²) in [6, 6.07) is 0. The maximum atomic E-state index is 5.39. The van der Waals surface area contributed by atoms with Gasteiger partial charge in [-0.1, -0.05) is 13.8 Å². The van der Waals surface area contributed by atoms with Crippen LogP contribution < -0.4 is 4.74 Å². The first-order valence-corrected chi connectivity index (χ1v) is 6.07. The second-order valence-corrected chi connectivity index (χ2v) is 4.26. The van der Waals surface area contributed by atoms with Gasteiger partial charge in [0.25, 0.3) is 0 Å². The second-order valence-electron chi connectivity index (χ2n) is 3.28. The van der Waals surface area contributed by atoms with Gasteiger partial charge in [0, 0.05) is 5.75 Å². The third-order valence-electron chi connectivity index (χ3n) is 1.78. The lowest BCUT2D eigenvalue weighted by Gasteiger charge is -2.06. The number of rotatable bonds is 5. The summed E-state index contributed by atoms with van der Waals surface area (Å²) in [5.74, 6) is 2.01. The van der Waals surface area contributed by atoms with Crippen LogP contribution in [-0.2, 0) is 0 Å². The van der Waals surface area contributed by atoms with Crippen LogP contribution in [0.25, 0.3) is 0 Å². The highest BCUT2D eigenvalue weighted by atomic mass is 32.2. The standard InChI is InChI=1S/C10H16N2OS/c1-8(2)9-6-12-10(7-11-9)13-4-5-14-3/h6-8H,4-5H2,1-3H3. The summed E-state index contributed by atoms with van der Waals surface area (Å²) in [5, 5.41) is 0. The third-order valence-corrected chi connectivity index (χ3v) is 2.35. The normalized spacial score (nSPS) is 10.6. The van der Waals surface area contributed by atoms with Gasteiger partial charge in [-0.2, -0.15) is 11.8 Å². The van der Waals surface area contributed by atoms with Crippen LogP contribution in [0.15, 0.2) is 12.4 Å². The average molecular weight is 212 g/mol. The predicted molar refractivity (Wildman–Crippen MR) is 60.0 cm³/mol. The molecule has 0 unspecified atom stereocenters. The molecule has 0 amide bonds. The van der Waals surface area contributed by atoms with E-state index < -0.39 is 0 Å². The summed E-state index contributed by atoms with van der Waals surface area (Å²) in [7, 11) is 0. The van der Waals surface area contributed by atoms with Gasteiger partial charge in [-0.05, 0) is 12.2 Å². The molecule has 4 heteroatoms. The van der Waals surface area contributed by atoms with Crippen LogP contribution in [0.1, 0.15) is 25.5 Å². The van der Waals surface area contributed by atoms with Crippen molar-refractivity contribution in [1.29, 1.82) is 0 Å². The Bertz CT molecular complexity index is 261. The lowest BCUT2D eigenvalue weighted by Crippen LogP contribution is -2.02.